The highest BCUT2D eigenvalue weighted by Gasteiger charge is 2.12. The molecule has 4 aromatic rings. The number of aromatic amines is 1. The lowest BCUT2D eigenvalue weighted by atomic mass is 10.1. The van der Waals surface area contributed by atoms with Crippen LogP contribution in [-0.2, 0) is 6.54 Å². The third-order valence-electron chi connectivity index (χ3n) is 3.84. The van der Waals surface area contributed by atoms with E-state index < -0.39 is 0 Å². The standard InChI is InChI=1S/C18H14FN7O/c19-13-5-3-12(4-6-13)16-8-17(24-23-16)18(27)21-9-14-11-26(25-22-14)15-2-1-7-20-10-15/h1-8,10-11H,9H2,(H,21,27)(H,23,24). The molecule has 2 N–H and O–H groups in total. The number of amides is 1. The van der Waals surface area contributed by atoms with Gasteiger partial charge < -0.3 is 5.32 Å². The SMILES string of the molecule is O=C(NCc1cn(-c2cccnc2)nn1)c1cc(-c2ccc(F)cc2)n[nH]1. The van der Waals surface area contributed by atoms with Crippen LogP contribution in [0.3, 0.4) is 0 Å². The number of hydrogen-bond acceptors (Lipinski definition) is 5. The van der Waals surface area contributed by atoms with Gasteiger partial charge in [0.05, 0.1) is 30.3 Å². The van der Waals surface area contributed by atoms with Crippen molar-refractivity contribution in [3.63, 3.8) is 0 Å². The molecule has 0 aliphatic carbocycles. The number of hydrogen-bond donors (Lipinski definition) is 2. The van der Waals surface area contributed by atoms with Crippen molar-refractivity contribution < 1.29 is 9.18 Å². The zero-order valence-corrected chi connectivity index (χ0v) is 14.0. The summed E-state index contributed by atoms with van der Waals surface area (Å²) < 4.78 is 14.6. The minimum Gasteiger partial charge on any atom is -0.345 e. The first-order chi connectivity index (χ1) is 13.2. The highest BCUT2D eigenvalue weighted by molar-refractivity contribution is 5.93. The van der Waals surface area contributed by atoms with Crippen LogP contribution in [-0.4, -0.2) is 36.1 Å². The van der Waals surface area contributed by atoms with E-state index in [2.05, 4.69) is 30.8 Å². The Kier molecular flexibility index (Phi) is 4.40. The summed E-state index contributed by atoms with van der Waals surface area (Å²) in [6.07, 6.45) is 5.05. The lowest BCUT2D eigenvalue weighted by Crippen LogP contribution is -2.23. The molecule has 0 unspecified atom stereocenters. The Labute approximate surface area is 153 Å². The third kappa shape index (κ3) is 3.71. The largest absolute Gasteiger partial charge is 0.345 e. The van der Waals surface area contributed by atoms with Crippen molar-refractivity contribution in [2.75, 3.05) is 0 Å². The second kappa shape index (κ2) is 7.16. The molecule has 0 radical (unpaired) electrons. The molecule has 1 aromatic carbocycles. The summed E-state index contributed by atoms with van der Waals surface area (Å²) in [7, 11) is 0. The van der Waals surface area contributed by atoms with E-state index in [-0.39, 0.29) is 18.3 Å². The minimum atomic E-state index is -0.327. The first-order valence-electron chi connectivity index (χ1n) is 8.10. The molecule has 1 amide bonds. The Hall–Kier alpha value is -3.88. The zero-order valence-electron chi connectivity index (χ0n) is 14.0. The van der Waals surface area contributed by atoms with Gasteiger partial charge in [0.1, 0.15) is 17.2 Å². The van der Waals surface area contributed by atoms with Crippen molar-refractivity contribution in [1.82, 2.24) is 35.5 Å². The van der Waals surface area contributed by atoms with Crippen LogP contribution in [0.2, 0.25) is 0 Å². The summed E-state index contributed by atoms with van der Waals surface area (Å²) in [6.45, 7) is 0.212. The predicted octanol–water partition coefficient (Wildman–Crippen LogP) is 2.12. The molecule has 0 fully saturated rings. The number of nitrogens with one attached hydrogen (secondary N) is 2. The molecule has 0 atom stereocenters. The van der Waals surface area contributed by atoms with E-state index in [1.165, 1.54) is 12.1 Å². The number of nitrogens with zero attached hydrogens (tertiary/aromatic N) is 5. The molecule has 8 nitrogen and oxygen atoms in total. The molecule has 0 bridgehead atoms. The molecule has 9 heteroatoms. The average Bonchev–Trinajstić information content (AvgIpc) is 3.37. The monoisotopic (exact) mass is 363 g/mol. The fraction of sp³-hybridized carbons (Fsp3) is 0.0556. The molecule has 0 spiro atoms. The van der Waals surface area contributed by atoms with Crippen molar-refractivity contribution >= 4 is 5.91 Å². The summed E-state index contributed by atoms with van der Waals surface area (Å²) in [5.74, 6) is -0.654. The smallest absolute Gasteiger partial charge is 0.269 e. The third-order valence-corrected chi connectivity index (χ3v) is 3.84. The van der Waals surface area contributed by atoms with Gasteiger partial charge in [-0.2, -0.15) is 5.10 Å². The van der Waals surface area contributed by atoms with Crippen LogP contribution in [0.25, 0.3) is 16.9 Å². The van der Waals surface area contributed by atoms with E-state index in [4.69, 9.17) is 0 Å². The van der Waals surface area contributed by atoms with Crippen molar-refractivity contribution in [3.8, 4) is 16.9 Å². The van der Waals surface area contributed by atoms with Gasteiger partial charge in [-0.05, 0) is 42.5 Å². The number of H-pyrrole nitrogens is 1. The summed E-state index contributed by atoms with van der Waals surface area (Å²) in [5, 5.41) is 17.6. The maximum absolute atomic E-state index is 13.0. The van der Waals surface area contributed by atoms with E-state index >= 15 is 0 Å². The van der Waals surface area contributed by atoms with E-state index in [1.807, 2.05) is 6.07 Å². The molecule has 0 saturated carbocycles. The van der Waals surface area contributed by atoms with Crippen LogP contribution in [0.1, 0.15) is 16.2 Å². The summed E-state index contributed by atoms with van der Waals surface area (Å²) in [6, 6.07) is 11.1. The number of rotatable bonds is 5. The minimum absolute atomic E-state index is 0.212. The van der Waals surface area contributed by atoms with Gasteiger partial charge in [-0.1, -0.05) is 5.21 Å². The van der Waals surface area contributed by atoms with E-state index in [0.717, 1.165) is 5.69 Å². The maximum Gasteiger partial charge on any atom is 0.269 e. The van der Waals surface area contributed by atoms with Gasteiger partial charge in [-0.25, -0.2) is 9.07 Å². The van der Waals surface area contributed by atoms with E-state index in [0.29, 0.717) is 22.6 Å². The normalized spacial score (nSPS) is 10.7. The Bertz CT molecular complexity index is 1060. The first kappa shape index (κ1) is 16.6. The number of carbonyl (C=O) groups excluding carboxylic acids is 1. The van der Waals surface area contributed by atoms with Crippen molar-refractivity contribution in [1.29, 1.82) is 0 Å². The topological polar surface area (TPSA) is 101 Å². The number of halogens is 1. The molecule has 0 aliphatic rings. The van der Waals surface area contributed by atoms with Crippen LogP contribution < -0.4 is 5.32 Å². The maximum atomic E-state index is 13.0. The van der Waals surface area contributed by atoms with E-state index in [1.54, 1.807) is 47.5 Å². The van der Waals surface area contributed by atoms with Gasteiger partial charge in [0.15, 0.2) is 0 Å². The molecular formula is C18H14FN7O. The summed E-state index contributed by atoms with van der Waals surface area (Å²) in [4.78, 5) is 16.3. The molecule has 134 valence electrons. The first-order valence-corrected chi connectivity index (χ1v) is 8.10. The molecule has 0 aliphatic heterocycles. The molecule has 27 heavy (non-hydrogen) atoms. The highest BCUT2D eigenvalue weighted by atomic mass is 19.1. The molecule has 0 saturated heterocycles. The second-order valence-electron chi connectivity index (χ2n) is 5.72. The van der Waals surface area contributed by atoms with Gasteiger partial charge in [-0.3, -0.25) is 14.9 Å². The van der Waals surface area contributed by atoms with Gasteiger partial charge in [0.2, 0.25) is 0 Å². The van der Waals surface area contributed by atoms with Gasteiger partial charge >= 0.3 is 0 Å². The fourth-order valence-corrected chi connectivity index (χ4v) is 2.47. The second-order valence-corrected chi connectivity index (χ2v) is 5.72. The lowest BCUT2D eigenvalue weighted by Gasteiger charge is -2.00. The van der Waals surface area contributed by atoms with Gasteiger partial charge in [0, 0.05) is 11.8 Å². The Morgan fingerprint density at radius 3 is 2.85 bits per heavy atom. The van der Waals surface area contributed by atoms with Crippen LogP contribution in [0.15, 0.2) is 61.1 Å². The van der Waals surface area contributed by atoms with E-state index in [9.17, 15) is 9.18 Å². The lowest BCUT2D eigenvalue weighted by molar-refractivity contribution is 0.0945. The fourth-order valence-electron chi connectivity index (χ4n) is 2.47. The average molecular weight is 363 g/mol. The van der Waals surface area contributed by atoms with Crippen molar-refractivity contribution in [3.05, 3.63) is 78.3 Å². The quantitative estimate of drug-likeness (QED) is 0.566. The van der Waals surface area contributed by atoms with Crippen LogP contribution in [0.5, 0.6) is 0 Å². The molecule has 3 aromatic heterocycles. The number of benzene rings is 1. The zero-order chi connectivity index (χ0) is 18.6. The van der Waals surface area contributed by atoms with Crippen LogP contribution in [0.4, 0.5) is 4.39 Å². The number of aromatic nitrogens is 6. The number of pyridine rings is 1. The van der Waals surface area contributed by atoms with Gasteiger partial charge in [-0.15, -0.1) is 5.10 Å². The Morgan fingerprint density at radius 1 is 1.22 bits per heavy atom. The predicted molar refractivity (Wildman–Crippen MR) is 94.3 cm³/mol. The molecule has 4 rings (SSSR count). The summed E-state index contributed by atoms with van der Waals surface area (Å²) in [5.41, 5.74) is 2.95. The molecular weight excluding hydrogens is 349 g/mol. The molecule has 3 heterocycles. The number of carbonyl (C=O) groups is 1. The van der Waals surface area contributed by atoms with Crippen molar-refractivity contribution in [2.24, 2.45) is 0 Å². The van der Waals surface area contributed by atoms with Gasteiger partial charge in [0.25, 0.3) is 5.91 Å². The van der Waals surface area contributed by atoms with Crippen LogP contribution >= 0.6 is 0 Å². The summed E-state index contributed by atoms with van der Waals surface area (Å²) >= 11 is 0. The van der Waals surface area contributed by atoms with Crippen LogP contribution in [0, 0.1) is 5.82 Å². The highest BCUT2D eigenvalue weighted by Crippen LogP contribution is 2.18. The van der Waals surface area contributed by atoms with Crippen molar-refractivity contribution in [2.45, 2.75) is 6.54 Å². The Morgan fingerprint density at radius 2 is 2.07 bits per heavy atom. The Balaban J connectivity index is 1.40.